The fourth-order valence-electron chi connectivity index (χ4n) is 3.73. The average molecular weight is 363 g/mol. The third kappa shape index (κ3) is 6.29. The van der Waals surface area contributed by atoms with Crippen molar-refractivity contribution in [3.63, 3.8) is 0 Å². The number of methoxy groups -OCH3 is 1. The third-order valence-corrected chi connectivity index (χ3v) is 5.39. The molecule has 0 saturated carbocycles. The lowest BCUT2D eigenvalue weighted by molar-refractivity contribution is -0.121. The average Bonchev–Trinajstić information content (AvgIpc) is 2.70. The van der Waals surface area contributed by atoms with E-state index in [9.17, 15) is 4.79 Å². The van der Waals surface area contributed by atoms with Gasteiger partial charge in [0.05, 0.1) is 20.3 Å². The molecule has 0 radical (unpaired) electrons. The molecule has 146 valence electrons. The summed E-state index contributed by atoms with van der Waals surface area (Å²) in [6.07, 6.45) is 3.51. The van der Waals surface area contributed by atoms with Gasteiger partial charge >= 0.3 is 0 Å². The van der Waals surface area contributed by atoms with Crippen LogP contribution in [0.1, 0.15) is 38.7 Å². The molecule has 1 saturated heterocycles. The first-order valence-corrected chi connectivity index (χ1v) is 9.89. The highest BCUT2D eigenvalue weighted by atomic mass is 16.5. The third-order valence-electron chi connectivity index (χ3n) is 5.39. The Morgan fingerprint density at radius 1 is 1.27 bits per heavy atom. The van der Waals surface area contributed by atoms with Gasteiger partial charge in [-0.15, -0.1) is 0 Å². The van der Waals surface area contributed by atoms with Gasteiger partial charge in [-0.3, -0.25) is 9.69 Å². The first-order valence-electron chi connectivity index (χ1n) is 9.89. The zero-order chi connectivity index (χ0) is 18.8. The van der Waals surface area contributed by atoms with Crippen LogP contribution in [0, 0.1) is 5.92 Å². The molecular formula is C21H34N2O3. The maximum atomic E-state index is 12.4. The minimum atomic E-state index is 0.122. The van der Waals surface area contributed by atoms with Crippen LogP contribution in [0.4, 0.5) is 0 Å². The monoisotopic (exact) mass is 362 g/mol. The van der Waals surface area contributed by atoms with E-state index in [0.717, 1.165) is 63.4 Å². The Balaban J connectivity index is 1.84. The molecule has 0 spiro atoms. The number of amides is 1. The first-order chi connectivity index (χ1) is 12.7. The number of nitrogens with zero attached hydrogens (tertiary/aromatic N) is 1. The summed E-state index contributed by atoms with van der Waals surface area (Å²) in [6.45, 7) is 8.71. The fourth-order valence-corrected chi connectivity index (χ4v) is 3.73. The van der Waals surface area contributed by atoms with Crippen LogP contribution < -0.4 is 10.1 Å². The highest BCUT2D eigenvalue weighted by Gasteiger charge is 2.27. The van der Waals surface area contributed by atoms with E-state index in [-0.39, 0.29) is 5.91 Å². The molecule has 1 heterocycles. The predicted octanol–water partition coefficient (Wildman–Crippen LogP) is 2.88. The molecule has 2 rings (SSSR count). The van der Waals surface area contributed by atoms with E-state index in [1.807, 2.05) is 24.3 Å². The van der Waals surface area contributed by atoms with Gasteiger partial charge in [-0.1, -0.05) is 38.8 Å². The number of morpholine rings is 1. The normalized spacial score (nSPS) is 16.5. The highest BCUT2D eigenvalue weighted by molar-refractivity contribution is 5.76. The number of benzene rings is 1. The van der Waals surface area contributed by atoms with E-state index in [4.69, 9.17) is 9.47 Å². The van der Waals surface area contributed by atoms with Gasteiger partial charge in [-0.2, -0.15) is 0 Å². The van der Waals surface area contributed by atoms with Crippen molar-refractivity contribution >= 4 is 5.91 Å². The number of carbonyl (C=O) groups is 1. The van der Waals surface area contributed by atoms with Gasteiger partial charge in [0.25, 0.3) is 0 Å². The Morgan fingerprint density at radius 3 is 2.65 bits per heavy atom. The molecule has 1 aromatic rings. The van der Waals surface area contributed by atoms with E-state index in [2.05, 4.69) is 24.1 Å². The van der Waals surface area contributed by atoms with Crippen molar-refractivity contribution in [3.05, 3.63) is 29.8 Å². The summed E-state index contributed by atoms with van der Waals surface area (Å²) in [5.74, 6) is 1.56. The van der Waals surface area contributed by atoms with Crippen LogP contribution in [0.3, 0.4) is 0 Å². The van der Waals surface area contributed by atoms with E-state index >= 15 is 0 Å². The van der Waals surface area contributed by atoms with Crippen molar-refractivity contribution in [2.45, 2.75) is 45.6 Å². The van der Waals surface area contributed by atoms with Gasteiger partial charge in [-0.25, -0.2) is 0 Å². The van der Waals surface area contributed by atoms with Gasteiger partial charge in [0.2, 0.25) is 5.91 Å². The summed E-state index contributed by atoms with van der Waals surface area (Å²) >= 11 is 0. The molecule has 1 aliphatic heterocycles. The number of carbonyl (C=O) groups excluding carboxylic acids is 1. The zero-order valence-electron chi connectivity index (χ0n) is 16.5. The van der Waals surface area contributed by atoms with Crippen molar-refractivity contribution in [3.8, 4) is 5.75 Å². The van der Waals surface area contributed by atoms with E-state index in [1.54, 1.807) is 7.11 Å². The zero-order valence-corrected chi connectivity index (χ0v) is 16.5. The summed E-state index contributed by atoms with van der Waals surface area (Å²) in [4.78, 5) is 14.9. The quantitative estimate of drug-likeness (QED) is 0.695. The topological polar surface area (TPSA) is 50.8 Å². The van der Waals surface area contributed by atoms with Crippen molar-refractivity contribution < 1.29 is 14.3 Å². The van der Waals surface area contributed by atoms with Crippen LogP contribution in [0.5, 0.6) is 5.75 Å². The minimum Gasteiger partial charge on any atom is -0.497 e. The van der Waals surface area contributed by atoms with Gasteiger partial charge in [0, 0.05) is 32.1 Å². The van der Waals surface area contributed by atoms with Crippen LogP contribution in [0.15, 0.2) is 24.3 Å². The predicted molar refractivity (Wildman–Crippen MR) is 105 cm³/mol. The SMILES string of the molecule is CCC(CC)C(CNC(=O)CCc1cccc(OC)c1)N1CCOCC1. The summed E-state index contributed by atoms with van der Waals surface area (Å²) in [7, 11) is 1.66. The molecule has 0 bridgehead atoms. The second kappa shape index (κ2) is 11.2. The number of aryl methyl sites for hydroxylation is 1. The lowest BCUT2D eigenvalue weighted by Crippen LogP contribution is -2.52. The Labute approximate surface area is 158 Å². The van der Waals surface area contributed by atoms with Crippen LogP contribution in [-0.2, 0) is 16.0 Å². The van der Waals surface area contributed by atoms with Crippen LogP contribution in [0.2, 0.25) is 0 Å². The molecule has 1 aliphatic rings. The van der Waals surface area contributed by atoms with E-state index in [1.165, 1.54) is 0 Å². The molecule has 1 aromatic carbocycles. The Morgan fingerprint density at radius 2 is 2.00 bits per heavy atom. The number of hydrogen-bond donors (Lipinski definition) is 1. The van der Waals surface area contributed by atoms with Crippen molar-refractivity contribution in [2.24, 2.45) is 5.92 Å². The second-order valence-corrected chi connectivity index (χ2v) is 6.95. The number of ether oxygens (including phenoxy) is 2. The maximum Gasteiger partial charge on any atom is 0.220 e. The number of rotatable bonds is 10. The van der Waals surface area contributed by atoms with Crippen LogP contribution >= 0.6 is 0 Å². The smallest absolute Gasteiger partial charge is 0.220 e. The summed E-state index contributed by atoms with van der Waals surface area (Å²) in [5, 5.41) is 3.18. The van der Waals surface area contributed by atoms with Gasteiger partial charge in [-0.05, 0) is 30.0 Å². The second-order valence-electron chi connectivity index (χ2n) is 6.95. The molecular weight excluding hydrogens is 328 g/mol. The van der Waals surface area contributed by atoms with Crippen molar-refractivity contribution in [2.75, 3.05) is 40.0 Å². The largest absolute Gasteiger partial charge is 0.497 e. The van der Waals surface area contributed by atoms with Crippen LogP contribution in [0.25, 0.3) is 0 Å². The van der Waals surface area contributed by atoms with Gasteiger partial charge < -0.3 is 14.8 Å². The van der Waals surface area contributed by atoms with E-state index < -0.39 is 0 Å². The van der Waals surface area contributed by atoms with E-state index in [0.29, 0.717) is 18.4 Å². The lowest BCUT2D eigenvalue weighted by atomic mass is 9.92. The number of nitrogens with one attached hydrogen (secondary N) is 1. The minimum absolute atomic E-state index is 0.122. The molecule has 1 atom stereocenters. The molecule has 1 N–H and O–H groups in total. The molecule has 0 aromatic heterocycles. The molecule has 5 nitrogen and oxygen atoms in total. The molecule has 1 amide bonds. The standard InChI is InChI=1S/C21H34N2O3/c1-4-18(5-2)20(23-11-13-26-14-12-23)16-22-21(24)10-9-17-7-6-8-19(15-17)25-3/h6-8,15,18,20H,4-5,9-14,16H2,1-3H3,(H,22,24). The first kappa shape index (κ1) is 20.7. The molecule has 26 heavy (non-hydrogen) atoms. The molecule has 0 aliphatic carbocycles. The molecule has 5 heteroatoms. The van der Waals surface area contributed by atoms with Crippen molar-refractivity contribution in [1.82, 2.24) is 10.2 Å². The number of hydrogen-bond acceptors (Lipinski definition) is 4. The molecule has 1 fully saturated rings. The highest BCUT2D eigenvalue weighted by Crippen LogP contribution is 2.20. The summed E-state index contributed by atoms with van der Waals surface area (Å²) in [5.41, 5.74) is 1.13. The fraction of sp³-hybridized carbons (Fsp3) is 0.667. The lowest BCUT2D eigenvalue weighted by Gasteiger charge is -2.38. The van der Waals surface area contributed by atoms with Gasteiger partial charge in [0.15, 0.2) is 0 Å². The summed E-state index contributed by atoms with van der Waals surface area (Å²) in [6, 6.07) is 8.32. The maximum absolute atomic E-state index is 12.4. The molecule has 1 unspecified atom stereocenters. The Bertz CT molecular complexity index is 540. The summed E-state index contributed by atoms with van der Waals surface area (Å²) < 4.78 is 10.7. The Hall–Kier alpha value is -1.59. The van der Waals surface area contributed by atoms with Crippen LogP contribution in [-0.4, -0.2) is 56.8 Å². The van der Waals surface area contributed by atoms with Gasteiger partial charge in [0.1, 0.15) is 5.75 Å². The van der Waals surface area contributed by atoms with Crippen molar-refractivity contribution in [1.29, 1.82) is 0 Å². The Kier molecular flexibility index (Phi) is 8.92.